The Morgan fingerprint density at radius 3 is 2.62 bits per heavy atom. The predicted molar refractivity (Wildman–Crippen MR) is 123 cm³/mol. The van der Waals surface area contributed by atoms with Crippen molar-refractivity contribution in [1.82, 2.24) is 19.7 Å². The Morgan fingerprint density at radius 2 is 1.88 bits per heavy atom. The number of aromatic nitrogens is 4. The molecule has 2 heterocycles. The SMILES string of the molecule is CCCc1noc(C(C)Sc2nc3ccccc3c(=O)n2-c2ccc(OC)c(OC)c2)n1. The minimum Gasteiger partial charge on any atom is -0.493 e. The standard InChI is InChI=1S/C23H24N4O4S/c1-5-8-20-25-21(31-26-20)14(2)32-23-24-17-10-7-6-9-16(17)22(28)27(23)15-11-12-18(29-3)19(13-15)30-4/h6-7,9-14H,5,8H2,1-4H3. The predicted octanol–water partition coefficient (Wildman–Crippen LogP) is 4.59. The Bertz CT molecular complexity index is 1300. The van der Waals surface area contributed by atoms with E-state index in [0.717, 1.165) is 12.8 Å². The highest BCUT2D eigenvalue weighted by Crippen LogP contribution is 2.35. The second-order valence-electron chi connectivity index (χ2n) is 7.15. The number of hydrogen-bond donors (Lipinski definition) is 0. The molecule has 0 spiro atoms. The van der Waals surface area contributed by atoms with Gasteiger partial charge in [-0.05, 0) is 37.6 Å². The molecular weight excluding hydrogens is 428 g/mol. The van der Waals surface area contributed by atoms with E-state index in [0.29, 0.717) is 45.0 Å². The fourth-order valence-electron chi connectivity index (χ4n) is 3.35. The maximum Gasteiger partial charge on any atom is 0.266 e. The molecule has 9 heteroatoms. The highest BCUT2D eigenvalue weighted by molar-refractivity contribution is 7.99. The quantitative estimate of drug-likeness (QED) is 0.283. The molecule has 0 saturated heterocycles. The maximum atomic E-state index is 13.5. The molecule has 4 rings (SSSR count). The number of para-hydroxylation sites is 1. The number of benzene rings is 2. The van der Waals surface area contributed by atoms with Crippen LogP contribution in [-0.2, 0) is 6.42 Å². The molecular formula is C23H24N4O4S. The molecule has 8 nitrogen and oxygen atoms in total. The summed E-state index contributed by atoms with van der Waals surface area (Å²) < 4.78 is 17.8. The third-order valence-electron chi connectivity index (χ3n) is 4.96. The van der Waals surface area contributed by atoms with Crippen LogP contribution in [0.15, 0.2) is 56.9 Å². The van der Waals surface area contributed by atoms with Crippen molar-refractivity contribution in [1.29, 1.82) is 0 Å². The third kappa shape index (κ3) is 4.20. The van der Waals surface area contributed by atoms with Gasteiger partial charge in [0.2, 0.25) is 5.89 Å². The molecule has 0 fully saturated rings. The minimum atomic E-state index is -0.201. The zero-order valence-corrected chi connectivity index (χ0v) is 19.2. The summed E-state index contributed by atoms with van der Waals surface area (Å²) in [4.78, 5) is 22.8. The second-order valence-corrected chi connectivity index (χ2v) is 8.46. The molecule has 0 aliphatic rings. The molecule has 32 heavy (non-hydrogen) atoms. The molecule has 0 aliphatic carbocycles. The van der Waals surface area contributed by atoms with E-state index in [2.05, 4.69) is 17.1 Å². The molecule has 1 unspecified atom stereocenters. The number of methoxy groups -OCH3 is 2. The fraction of sp³-hybridized carbons (Fsp3) is 0.304. The molecule has 166 valence electrons. The molecule has 2 aromatic carbocycles. The van der Waals surface area contributed by atoms with Crippen LogP contribution in [0.5, 0.6) is 11.5 Å². The highest BCUT2D eigenvalue weighted by atomic mass is 32.2. The van der Waals surface area contributed by atoms with E-state index in [1.165, 1.54) is 11.8 Å². The summed E-state index contributed by atoms with van der Waals surface area (Å²) in [5, 5.41) is 4.89. The van der Waals surface area contributed by atoms with Gasteiger partial charge in [0.05, 0.1) is 36.1 Å². The van der Waals surface area contributed by atoms with Crippen molar-refractivity contribution in [2.24, 2.45) is 0 Å². The van der Waals surface area contributed by atoms with E-state index in [1.807, 2.05) is 25.1 Å². The van der Waals surface area contributed by atoms with Gasteiger partial charge >= 0.3 is 0 Å². The van der Waals surface area contributed by atoms with Crippen LogP contribution in [0.4, 0.5) is 0 Å². The van der Waals surface area contributed by atoms with Crippen molar-refractivity contribution in [3.63, 3.8) is 0 Å². The molecule has 0 bridgehead atoms. The summed E-state index contributed by atoms with van der Waals surface area (Å²) in [5.41, 5.74) is 1.08. The van der Waals surface area contributed by atoms with Crippen LogP contribution in [0.2, 0.25) is 0 Å². The number of ether oxygens (including phenoxy) is 2. The van der Waals surface area contributed by atoms with Gasteiger partial charge in [0, 0.05) is 12.5 Å². The number of rotatable bonds is 8. The van der Waals surface area contributed by atoms with Gasteiger partial charge in [0.15, 0.2) is 22.5 Å². The van der Waals surface area contributed by atoms with Crippen molar-refractivity contribution >= 4 is 22.7 Å². The molecule has 4 aromatic rings. The zero-order valence-electron chi connectivity index (χ0n) is 18.4. The molecule has 0 N–H and O–H groups in total. The van der Waals surface area contributed by atoms with Crippen LogP contribution >= 0.6 is 11.8 Å². The lowest BCUT2D eigenvalue weighted by Gasteiger charge is -2.16. The van der Waals surface area contributed by atoms with Gasteiger partial charge in [0.25, 0.3) is 5.56 Å². The van der Waals surface area contributed by atoms with E-state index in [1.54, 1.807) is 43.1 Å². The Balaban J connectivity index is 1.83. The smallest absolute Gasteiger partial charge is 0.266 e. The molecule has 0 aliphatic heterocycles. The Morgan fingerprint density at radius 1 is 1.09 bits per heavy atom. The van der Waals surface area contributed by atoms with Crippen LogP contribution in [0, 0.1) is 0 Å². The average molecular weight is 453 g/mol. The first-order valence-electron chi connectivity index (χ1n) is 10.3. The van der Waals surface area contributed by atoms with Crippen molar-refractivity contribution < 1.29 is 14.0 Å². The van der Waals surface area contributed by atoms with E-state index >= 15 is 0 Å². The van der Waals surface area contributed by atoms with E-state index < -0.39 is 0 Å². The van der Waals surface area contributed by atoms with Crippen LogP contribution in [-0.4, -0.2) is 33.9 Å². The summed E-state index contributed by atoms with van der Waals surface area (Å²) in [5.74, 6) is 2.28. The molecule has 2 aromatic heterocycles. The largest absolute Gasteiger partial charge is 0.493 e. The lowest BCUT2D eigenvalue weighted by molar-refractivity contribution is 0.354. The molecule has 0 amide bonds. The summed E-state index contributed by atoms with van der Waals surface area (Å²) >= 11 is 1.39. The number of aryl methyl sites for hydroxylation is 1. The molecule has 0 radical (unpaired) electrons. The normalized spacial score (nSPS) is 12.1. The summed E-state index contributed by atoms with van der Waals surface area (Å²) in [6, 6.07) is 12.6. The topological polar surface area (TPSA) is 92.3 Å². The van der Waals surface area contributed by atoms with Gasteiger partial charge in [-0.3, -0.25) is 9.36 Å². The van der Waals surface area contributed by atoms with E-state index in [9.17, 15) is 4.79 Å². The number of hydrogen-bond acceptors (Lipinski definition) is 8. The molecule has 1 atom stereocenters. The lowest BCUT2D eigenvalue weighted by Crippen LogP contribution is -2.22. The Labute approximate surface area is 189 Å². The van der Waals surface area contributed by atoms with Crippen molar-refractivity contribution in [3.05, 3.63) is 64.5 Å². The summed E-state index contributed by atoms with van der Waals surface area (Å²) in [7, 11) is 3.13. The average Bonchev–Trinajstić information content (AvgIpc) is 3.28. The van der Waals surface area contributed by atoms with Crippen LogP contribution < -0.4 is 15.0 Å². The van der Waals surface area contributed by atoms with E-state index in [4.69, 9.17) is 19.0 Å². The Hall–Kier alpha value is -3.33. The first-order valence-corrected chi connectivity index (χ1v) is 11.2. The van der Waals surface area contributed by atoms with Gasteiger partial charge < -0.3 is 14.0 Å². The monoisotopic (exact) mass is 452 g/mol. The van der Waals surface area contributed by atoms with Gasteiger partial charge in [-0.1, -0.05) is 36.0 Å². The highest BCUT2D eigenvalue weighted by Gasteiger charge is 2.21. The van der Waals surface area contributed by atoms with Crippen LogP contribution in [0.25, 0.3) is 16.6 Å². The van der Waals surface area contributed by atoms with Gasteiger partial charge in [-0.25, -0.2) is 4.98 Å². The number of thioether (sulfide) groups is 1. The second kappa shape index (κ2) is 9.44. The first kappa shape index (κ1) is 21.9. The van der Waals surface area contributed by atoms with Crippen LogP contribution in [0.3, 0.4) is 0 Å². The van der Waals surface area contributed by atoms with E-state index in [-0.39, 0.29) is 10.8 Å². The Kier molecular flexibility index (Phi) is 6.45. The summed E-state index contributed by atoms with van der Waals surface area (Å²) in [6.07, 6.45) is 1.69. The fourth-order valence-corrected chi connectivity index (χ4v) is 4.31. The zero-order chi connectivity index (χ0) is 22.7. The third-order valence-corrected chi connectivity index (χ3v) is 6.00. The van der Waals surface area contributed by atoms with Gasteiger partial charge in [0.1, 0.15) is 0 Å². The van der Waals surface area contributed by atoms with Crippen molar-refractivity contribution in [2.45, 2.75) is 37.1 Å². The lowest BCUT2D eigenvalue weighted by atomic mass is 10.2. The maximum absolute atomic E-state index is 13.5. The molecule has 0 saturated carbocycles. The summed E-state index contributed by atoms with van der Waals surface area (Å²) in [6.45, 7) is 4.02. The number of fused-ring (bicyclic) bond motifs is 1. The van der Waals surface area contributed by atoms with Crippen molar-refractivity contribution in [2.75, 3.05) is 14.2 Å². The van der Waals surface area contributed by atoms with Gasteiger partial charge in [-0.15, -0.1) is 0 Å². The first-order chi connectivity index (χ1) is 15.5. The van der Waals surface area contributed by atoms with Crippen molar-refractivity contribution in [3.8, 4) is 17.2 Å². The van der Waals surface area contributed by atoms with Gasteiger partial charge in [-0.2, -0.15) is 4.98 Å². The number of nitrogens with zero attached hydrogens (tertiary/aromatic N) is 4. The van der Waals surface area contributed by atoms with Crippen LogP contribution in [0.1, 0.15) is 37.2 Å². The minimum absolute atomic E-state index is 0.172.